The summed E-state index contributed by atoms with van der Waals surface area (Å²) < 4.78 is 5.69. The second-order valence-electron chi connectivity index (χ2n) is 4.28. The monoisotopic (exact) mass is 246 g/mol. The first-order valence-electron chi connectivity index (χ1n) is 5.71. The van der Waals surface area contributed by atoms with Crippen LogP contribution < -0.4 is 10.5 Å². The summed E-state index contributed by atoms with van der Waals surface area (Å²) >= 11 is 1.66. The molecule has 0 radical (unpaired) electrons. The van der Waals surface area contributed by atoms with Crippen molar-refractivity contribution in [2.75, 3.05) is 0 Å². The minimum absolute atomic E-state index is 0.293. The van der Waals surface area contributed by atoms with Crippen molar-refractivity contribution in [2.24, 2.45) is 5.73 Å². The van der Waals surface area contributed by atoms with Crippen LogP contribution in [0.3, 0.4) is 0 Å². The molecule has 1 aliphatic rings. The van der Waals surface area contributed by atoms with Crippen LogP contribution >= 0.6 is 11.3 Å². The van der Waals surface area contributed by atoms with E-state index in [-0.39, 0.29) is 0 Å². The Morgan fingerprint density at radius 2 is 2.41 bits per heavy atom. The Balaban J connectivity index is 1.97. The minimum Gasteiger partial charge on any atom is -0.490 e. The lowest BCUT2D eigenvalue weighted by Crippen LogP contribution is -2.05. The summed E-state index contributed by atoms with van der Waals surface area (Å²) in [5.74, 6) is 1.02. The van der Waals surface area contributed by atoms with Gasteiger partial charge in [-0.15, -0.1) is 11.3 Å². The molecule has 2 aromatic rings. The maximum absolute atomic E-state index is 5.69. The number of benzene rings is 1. The summed E-state index contributed by atoms with van der Waals surface area (Å²) in [6, 6.07) is 6.34. The van der Waals surface area contributed by atoms with Crippen LogP contribution in [0.5, 0.6) is 5.75 Å². The maximum atomic E-state index is 5.69. The Kier molecular flexibility index (Phi) is 2.61. The maximum Gasteiger partial charge on any atom is 0.123 e. The predicted octanol–water partition coefficient (Wildman–Crippen LogP) is 2.59. The Morgan fingerprint density at radius 1 is 1.53 bits per heavy atom. The van der Waals surface area contributed by atoms with Gasteiger partial charge in [-0.2, -0.15) is 0 Å². The zero-order chi connectivity index (χ0) is 11.8. The average Bonchev–Trinajstić information content (AvgIpc) is 2.92. The highest BCUT2D eigenvalue weighted by atomic mass is 32.1. The first-order valence-corrected chi connectivity index (χ1v) is 6.52. The number of fused-ring (bicyclic) bond motifs is 1. The van der Waals surface area contributed by atoms with Crippen LogP contribution in [-0.4, -0.2) is 11.1 Å². The molecule has 0 spiro atoms. The topological polar surface area (TPSA) is 48.1 Å². The van der Waals surface area contributed by atoms with E-state index in [1.807, 2.05) is 6.20 Å². The normalized spacial score (nSPS) is 17.9. The molecule has 0 saturated carbocycles. The standard InChI is InChI=1S/C13H14N2OS/c1-8-4-10-5-9(2-3-11(10)16-8)12-7-15-13(6-14)17-12/h2-3,5,7-8H,4,6,14H2,1H3. The summed E-state index contributed by atoms with van der Waals surface area (Å²) in [5.41, 5.74) is 8.07. The van der Waals surface area contributed by atoms with Gasteiger partial charge in [-0.3, -0.25) is 0 Å². The fourth-order valence-corrected chi connectivity index (χ4v) is 2.91. The van der Waals surface area contributed by atoms with Crippen LogP contribution in [-0.2, 0) is 13.0 Å². The van der Waals surface area contributed by atoms with Crippen molar-refractivity contribution < 1.29 is 4.74 Å². The Bertz CT molecular complexity index is 550. The zero-order valence-electron chi connectivity index (χ0n) is 9.64. The fourth-order valence-electron chi connectivity index (χ4n) is 2.11. The molecular formula is C13H14N2OS. The van der Waals surface area contributed by atoms with E-state index in [4.69, 9.17) is 10.5 Å². The van der Waals surface area contributed by atoms with Gasteiger partial charge in [-0.25, -0.2) is 4.98 Å². The predicted molar refractivity (Wildman–Crippen MR) is 69.2 cm³/mol. The second kappa shape index (κ2) is 4.13. The number of nitrogens with two attached hydrogens (primary N) is 1. The van der Waals surface area contributed by atoms with Crippen LogP contribution in [0.1, 0.15) is 17.5 Å². The smallest absolute Gasteiger partial charge is 0.123 e. The van der Waals surface area contributed by atoms with E-state index in [1.54, 1.807) is 11.3 Å². The summed E-state index contributed by atoms with van der Waals surface area (Å²) in [6.07, 6.45) is 3.18. The lowest BCUT2D eigenvalue weighted by atomic mass is 10.1. The number of nitrogens with zero attached hydrogens (tertiary/aromatic N) is 1. The quantitative estimate of drug-likeness (QED) is 0.886. The number of aromatic nitrogens is 1. The highest BCUT2D eigenvalue weighted by Gasteiger charge is 2.19. The van der Waals surface area contributed by atoms with Gasteiger partial charge < -0.3 is 10.5 Å². The highest BCUT2D eigenvalue weighted by molar-refractivity contribution is 7.15. The van der Waals surface area contributed by atoms with E-state index < -0.39 is 0 Å². The Morgan fingerprint density at radius 3 is 3.18 bits per heavy atom. The number of ether oxygens (including phenoxy) is 1. The van der Waals surface area contributed by atoms with Crippen molar-refractivity contribution in [3.05, 3.63) is 35.0 Å². The molecule has 17 heavy (non-hydrogen) atoms. The highest BCUT2D eigenvalue weighted by Crippen LogP contribution is 2.34. The molecule has 1 atom stereocenters. The van der Waals surface area contributed by atoms with Crippen molar-refractivity contribution in [3.8, 4) is 16.2 Å². The second-order valence-corrected chi connectivity index (χ2v) is 5.39. The van der Waals surface area contributed by atoms with Gasteiger partial charge in [0, 0.05) is 19.2 Å². The number of hydrogen-bond donors (Lipinski definition) is 1. The third-order valence-corrected chi connectivity index (χ3v) is 3.98. The Labute approximate surface area is 104 Å². The van der Waals surface area contributed by atoms with Gasteiger partial charge in [-0.05, 0) is 36.2 Å². The molecular weight excluding hydrogens is 232 g/mol. The molecule has 2 heterocycles. The third-order valence-electron chi connectivity index (χ3n) is 2.91. The zero-order valence-corrected chi connectivity index (χ0v) is 10.5. The molecule has 0 fully saturated rings. The molecule has 0 bridgehead atoms. The van der Waals surface area contributed by atoms with Crippen molar-refractivity contribution in [1.82, 2.24) is 4.98 Å². The minimum atomic E-state index is 0.293. The molecule has 3 rings (SSSR count). The van der Waals surface area contributed by atoms with Gasteiger partial charge in [-0.1, -0.05) is 0 Å². The summed E-state index contributed by atoms with van der Waals surface area (Å²) in [5, 5.41) is 0.977. The molecule has 88 valence electrons. The van der Waals surface area contributed by atoms with Crippen LogP contribution in [0.2, 0.25) is 0 Å². The van der Waals surface area contributed by atoms with E-state index in [9.17, 15) is 0 Å². The van der Waals surface area contributed by atoms with Crippen molar-refractivity contribution in [2.45, 2.75) is 26.0 Å². The molecule has 1 unspecified atom stereocenters. The van der Waals surface area contributed by atoms with Crippen molar-refractivity contribution >= 4 is 11.3 Å². The number of rotatable bonds is 2. The van der Waals surface area contributed by atoms with E-state index >= 15 is 0 Å². The molecule has 1 aliphatic heterocycles. The van der Waals surface area contributed by atoms with Gasteiger partial charge in [0.15, 0.2) is 0 Å². The van der Waals surface area contributed by atoms with Gasteiger partial charge in [0.2, 0.25) is 0 Å². The van der Waals surface area contributed by atoms with Gasteiger partial charge >= 0.3 is 0 Å². The van der Waals surface area contributed by atoms with Crippen molar-refractivity contribution in [1.29, 1.82) is 0 Å². The van der Waals surface area contributed by atoms with Crippen LogP contribution in [0.15, 0.2) is 24.4 Å². The van der Waals surface area contributed by atoms with Crippen molar-refractivity contribution in [3.63, 3.8) is 0 Å². The van der Waals surface area contributed by atoms with Gasteiger partial charge in [0.1, 0.15) is 16.9 Å². The number of hydrogen-bond acceptors (Lipinski definition) is 4. The number of thiazole rings is 1. The molecule has 0 saturated heterocycles. The molecule has 2 N–H and O–H groups in total. The molecule has 4 heteroatoms. The van der Waals surface area contributed by atoms with Gasteiger partial charge in [0.25, 0.3) is 0 Å². The molecule has 0 amide bonds. The van der Waals surface area contributed by atoms with Crippen LogP contribution in [0.4, 0.5) is 0 Å². The van der Waals surface area contributed by atoms with E-state index in [0.717, 1.165) is 17.2 Å². The molecule has 1 aromatic carbocycles. The lowest BCUT2D eigenvalue weighted by molar-refractivity contribution is 0.254. The van der Waals surface area contributed by atoms with E-state index in [0.29, 0.717) is 12.6 Å². The molecule has 1 aromatic heterocycles. The first kappa shape index (κ1) is 10.7. The molecule has 3 nitrogen and oxygen atoms in total. The fraction of sp³-hybridized carbons (Fsp3) is 0.308. The van der Waals surface area contributed by atoms with Crippen LogP contribution in [0.25, 0.3) is 10.4 Å². The SMILES string of the molecule is CC1Cc2cc(-c3cnc(CN)s3)ccc2O1. The summed E-state index contributed by atoms with van der Waals surface area (Å²) in [6.45, 7) is 2.61. The Hall–Kier alpha value is -1.39. The average molecular weight is 246 g/mol. The summed E-state index contributed by atoms with van der Waals surface area (Å²) in [4.78, 5) is 5.46. The summed E-state index contributed by atoms with van der Waals surface area (Å²) in [7, 11) is 0. The lowest BCUT2D eigenvalue weighted by Gasteiger charge is -2.02. The van der Waals surface area contributed by atoms with E-state index in [1.165, 1.54) is 16.0 Å². The molecule has 0 aliphatic carbocycles. The largest absolute Gasteiger partial charge is 0.490 e. The first-order chi connectivity index (χ1) is 8.26. The third kappa shape index (κ3) is 1.94. The van der Waals surface area contributed by atoms with E-state index in [2.05, 4.69) is 30.1 Å². The van der Waals surface area contributed by atoms with Crippen LogP contribution in [0, 0.1) is 0 Å². The van der Waals surface area contributed by atoms with Gasteiger partial charge in [0.05, 0.1) is 4.88 Å².